The average molecular weight is 195 g/mol. The number of hydrogen-bond donors (Lipinski definition) is 1. The summed E-state index contributed by atoms with van der Waals surface area (Å²) in [6, 6.07) is 7.09. The lowest BCUT2D eigenvalue weighted by Crippen LogP contribution is -2.19. The van der Waals surface area contributed by atoms with E-state index in [9.17, 15) is 5.11 Å². The van der Waals surface area contributed by atoms with Gasteiger partial charge in [0, 0.05) is 11.4 Å². The molecule has 0 aliphatic carbocycles. The largest absolute Gasteiger partial charge is 0.384 e. The molecule has 0 aliphatic rings. The summed E-state index contributed by atoms with van der Waals surface area (Å²) in [5.74, 6) is 2.43. The summed E-state index contributed by atoms with van der Waals surface area (Å²) in [5.41, 5.74) is -0.238. The minimum absolute atomic E-state index is 0.285. The minimum Gasteiger partial charge on any atom is -0.384 e. The normalized spacial score (nSPS) is 14.6. The van der Waals surface area contributed by atoms with Gasteiger partial charge in [0.05, 0.1) is 5.60 Å². The van der Waals surface area contributed by atoms with Gasteiger partial charge in [-0.15, -0.1) is 12.3 Å². The predicted molar refractivity (Wildman–Crippen MR) is 54.5 cm³/mol. The summed E-state index contributed by atoms with van der Waals surface area (Å²) in [6.45, 7) is 1.68. The quantitative estimate of drug-likeness (QED) is 0.718. The van der Waals surface area contributed by atoms with Crippen molar-refractivity contribution in [2.24, 2.45) is 0 Å². The van der Waals surface area contributed by atoms with Gasteiger partial charge in [0.1, 0.15) is 0 Å². The van der Waals surface area contributed by atoms with Crippen LogP contribution < -0.4 is 0 Å². The molecule has 1 rings (SSSR count). The van der Waals surface area contributed by atoms with E-state index in [1.54, 1.807) is 25.1 Å². The fraction of sp³-hybridized carbons (Fsp3) is 0.273. The van der Waals surface area contributed by atoms with E-state index in [0.29, 0.717) is 5.02 Å². The van der Waals surface area contributed by atoms with Gasteiger partial charge in [-0.1, -0.05) is 23.7 Å². The number of rotatable bonds is 2. The Morgan fingerprint density at radius 1 is 1.62 bits per heavy atom. The molecule has 2 heteroatoms. The first-order valence-corrected chi connectivity index (χ1v) is 4.36. The summed E-state index contributed by atoms with van der Waals surface area (Å²) in [4.78, 5) is 0. The molecule has 1 atom stereocenters. The summed E-state index contributed by atoms with van der Waals surface area (Å²) in [7, 11) is 0. The Labute approximate surface area is 83.4 Å². The fourth-order valence-corrected chi connectivity index (χ4v) is 1.31. The van der Waals surface area contributed by atoms with Crippen LogP contribution in [-0.4, -0.2) is 5.11 Å². The molecule has 0 spiro atoms. The number of benzene rings is 1. The van der Waals surface area contributed by atoms with E-state index in [0.717, 1.165) is 5.56 Å². The van der Waals surface area contributed by atoms with Crippen molar-refractivity contribution in [1.29, 1.82) is 0 Å². The van der Waals surface area contributed by atoms with Gasteiger partial charge >= 0.3 is 0 Å². The maximum absolute atomic E-state index is 9.91. The van der Waals surface area contributed by atoms with E-state index in [1.807, 2.05) is 6.07 Å². The molecule has 68 valence electrons. The molecule has 13 heavy (non-hydrogen) atoms. The summed E-state index contributed by atoms with van der Waals surface area (Å²) in [6.07, 6.45) is 5.43. The highest BCUT2D eigenvalue weighted by atomic mass is 35.5. The number of hydrogen-bond acceptors (Lipinski definition) is 1. The first-order chi connectivity index (χ1) is 6.06. The summed E-state index contributed by atoms with van der Waals surface area (Å²) < 4.78 is 0. The van der Waals surface area contributed by atoms with Crippen molar-refractivity contribution in [2.45, 2.75) is 18.9 Å². The van der Waals surface area contributed by atoms with Gasteiger partial charge in [-0.25, -0.2) is 0 Å². The highest BCUT2D eigenvalue weighted by molar-refractivity contribution is 6.30. The Bertz CT molecular complexity index is 336. The third-order valence-electron chi connectivity index (χ3n) is 1.89. The predicted octanol–water partition coefficient (Wildman–Crippen LogP) is 2.57. The molecule has 0 heterocycles. The molecule has 0 fully saturated rings. The topological polar surface area (TPSA) is 20.2 Å². The second-order valence-electron chi connectivity index (χ2n) is 3.17. The van der Waals surface area contributed by atoms with Gasteiger partial charge in [0.15, 0.2) is 0 Å². The molecular formula is C11H11ClO. The van der Waals surface area contributed by atoms with Gasteiger partial charge in [-0.3, -0.25) is 0 Å². The molecule has 1 N–H and O–H groups in total. The van der Waals surface area contributed by atoms with Crippen LogP contribution in [0.3, 0.4) is 0 Å². The van der Waals surface area contributed by atoms with Crippen LogP contribution in [0.4, 0.5) is 0 Å². The van der Waals surface area contributed by atoms with Gasteiger partial charge in [0.2, 0.25) is 0 Å². The smallest absolute Gasteiger partial charge is 0.0977 e. The van der Waals surface area contributed by atoms with Crippen LogP contribution in [0.5, 0.6) is 0 Å². The highest BCUT2D eigenvalue weighted by Crippen LogP contribution is 2.25. The molecule has 0 aromatic heterocycles. The Morgan fingerprint density at radius 2 is 2.31 bits per heavy atom. The molecule has 0 aliphatic heterocycles. The second-order valence-corrected chi connectivity index (χ2v) is 3.60. The first-order valence-electron chi connectivity index (χ1n) is 3.98. The lowest BCUT2D eigenvalue weighted by Gasteiger charge is -2.21. The van der Waals surface area contributed by atoms with Crippen molar-refractivity contribution in [3.05, 3.63) is 34.9 Å². The average Bonchev–Trinajstić information content (AvgIpc) is 2.04. The summed E-state index contributed by atoms with van der Waals surface area (Å²) in [5, 5.41) is 10.5. The van der Waals surface area contributed by atoms with Crippen LogP contribution in [0.1, 0.15) is 18.9 Å². The maximum Gasteiger partial charge on any atom is 0.0977 e. The number of terminal acetylenes is 1. The van der Waals surface area contributed by atoms with Crippen LogP contribution >= 0.6 is 11.6 Å². The Hall–Kier alpha value is -0.970. The minimum atomic E-state index is -0.986. The van der Waals surface area contributed by atoms with Gasteiger partial charge < -0.3 is 5.11 Å². The van der Waals surface area contributed by atoms with E-state index in [2.05, 4.69) is 5.92 Å². The summed E-state index contributed by atoms with van der Waals surface area (Å²) >= 11 is 5.79. The number of aliphatic hydroxyl groups is 1. The van der Waals surface area contributed by atoms with Crippen molar-refractivity contribution in [3.8, 4) is 12.3 Å². The van der Waals surface area contributed by atoms with Crippen LogP contribution in [0.25, 0.3) is 0 Å². The van der Waals surface area contributed by atoms with E-state index >= 15 is 0 Å². The maximum atomic E-state index is 9.91. The van der Waals surface area contributed by atoms with E-state index in [-0.39, 0.29) is 6.42 Å². The van der Waals surface area contributed by atoms with Gasteiger partial charge in [-0.2, -0.15) is 0 Å². The molecule has 0 radical (unpaired) electrons. The highest BCUT2D eigenvalue weighted by Gasteiger charge is 2.21. The molecule has 0 bridgehead atoms. The Kier molecular flexibility index (Phi) is 2.98. The van der Waals surface area contributed by atoms with Crippen molar-refractivity contribution >= 4 is 11.6 Å². The van der Waals surface area contributed by atoms with E-state index < -0.39 is 5.60 Å². The van der Waals surface area contributed by atoms with E-state index in [1.165, 1.54) is 0 Å². The molecular weight excluding hydrogens is 184 g/mol. The van der Waals surface area contributed by atoms with Crippen molar-refractivity contribution < 1.29 is 5.11 Å². The zero-order valence-electron chi connectivity index (χ0n) is 7.42. The lowest BCUT2D eigenvalue weighted by molar-refractivity contribution is 0.0630. The zero-order valence-corrected chi connectivity index (χ0v) is 8.17. The van der Waals surface area contributed by atoms with E-state index in [4.69, 9.17) is 18.0 Å². The molecule has 0 saturated carbocycles. The second kappa shape index (κ2) is 3.83. The SMILES string of the molecule is C#CCC(C)(O)c1cccc(Cl)c1. The van der Waals surface area contributed by atoms with Crippen molar-refractivity contribution in [3.63, 3.8) is 0 Å². The van der Waals surface area contributed by atoms with Crippen molar-refractivity contribution in [1.82, 2.24) is 0 Å². The molecule has 0 saturated heterocycles. The fourth-order valence-electron chi connectivity index (χ4n) is 1.12. The van der Waals surface area contributed by atoms with Crippen LogP contribution in [0.2, 0.25) is 5.02 Å². The molecule has 1 aromatic rings. The van der Waals surface area contributed by atoms with Crippen LogP contribution in [0.15, 0.2) is 24.3 Å². The lowest BCUT2D eigenvalue weighted by atomic mass is 9.93. The molecule has 0 amide bonds. The van der Waals surface area contributed by atoms with Crippen LogP contribution in [-0.2, 0) is 5.60 Å². The Balaban J connectivity index is 3.01. The number of halogens is 1. The third kappa shape index (κ3) is 2.48. The van der Waals surface area contributed by atoms with Gasteiger partial charge in [0.25, 0.3) is 0 Å². The zero-order chi connectivity index (χ0) is 9.90. The first kappa shape index (κ1) is 10.1. The molecule has 1 unspecified atom stereocenters. The molecule has 1 nitrogen and oxygen atoms in total. The third-order valence-corrected chi connectivity index (χ3v) is 2.13. The van der Waals surface area contributed by atoms with Crippen molar-refractivity contribution in [2.75, 3.05) is 0 Å². The standard InChI is InChI=1S/C11H11ClO/c1-3-7-11(2,13)9-5-4-6-10(12)8-9/h1,4-6,8,13H,7H2,2H3. The molecule has 1 aromatic carbocycles. The Morgan fingerprint density at radius 3 is 2.85 bits per heavy atom. The monoisotopic (exact) mass is 194 g/mol. The van der Waals surface area contributed by atoms with Gasteiger partial charge in [-0.05, 0) is 24.6 Å². The van der Waals surface area contributed by atoms with Crippen LogP contribution in [0, 0.1) is 12.3 Å².